The Balaban J connectivity index is 1.96. The maximum Gasteiger partial charge on any atom is 0.274 e. The predicted molar refractivity (Wildman–Crippen MR) is 102 cm³/mol. The molecule has 3 heterocycles. The number of thiophene rings is 1. The number of fused-ring (bicyclic) bond motifs is 3. The molecule has 4 aromatic rings. The molecule has 0 spiro atoms. The number of benzene rings is 1. The fraction of sp³-hybridized carbons (Fsp3) is 0.222. The average molecular weight is 372 g/mol. The Hall–Kier alpha value is -2.38. The summed E-state index contributed by atoms with van der Waals surface area (Å²) in [6.45, 7) is 4.91. The largest absolute Gasteiger partial charge is 0.490 e. The molecule has 0 saturated carbocycles. The quantitative estimate of drug-likeness (QED) is 0.539. The number of aromatic nitrogens is 2. The highest BCUT2D eigenvalue weighted by atomic mass is 32.1. The van der Waals surface area contributed by atoms with Crippen molar-refractivity contribution in [3.05, 3.63) is 49.4 Å². The first-order valence-electron chi connectivity index (χ1n) is 8.01. The van der Waals surface area contributed by atoms with Crippen molar-refractivity contribution in [3.8, 4) is 11.5 Å². The van der Waals surface area contributed by atoms with Gasteiger partial charge in [0.1, 0.15) is 0 Å². The Bertz CT molecular complexity index is 1140. The van der Waals surface area contributed by atoms with Crippen LogP contribution in [0.1, 0.15) is 18.7 Å². The van der Waals surface area contributed by atoms with Gasteiger partial charge < -0.3 is 9.47 Å². The van der Waals surface area contributed by atoms with Gasteiger partial charge in [-0.2, -0.15) is 0 Å². The third kappa shape index (κ3) is 2.79. The Morgan fingerprint density at radius 3 is 2.64 bits per heavy atom. The summed E-state index contributed by atoms with van der Waals surface area (Å²) >= 11 is 3.00. The van der Waals surface area contributed by atoms with Crippen LogP contribution in [0.2, 0.25) is 0 Å². The molecule has 0 atom stereocenters. The van der Waals surface area contributed by atoms with Crippen molar-refractivity contribution in [2.24, 2.45) is 0 Å². The van der Waals surface area contributed by atoms with Gasteiger partial charge in [0, 0.05) is 17.0 Å². The van der Waals surface area contributed by atoms with E-state index in [2.05, 4.69) is 4.98 Å². The summed E-state index contributed by atoms with van der Waals surface area (Å²) in [5.74, 6) is 1.29. The lowest BCUT2D eigenvalue weighted by Crippen LogP contribution is -2.22. The lowest BCUT2D eigenvalue weighted by atomic mass is 10.2. The Morgan fingerprint density at radius 2 is 1.96 bits per heavy atom. The molecule has 0 N–H and O–H groups in total. The Labute approximate surface area is 151 Å². The van der Waals surface area contributed by atoms with E-state index < -0.39 is 0 Å². The van der Waals surface area contributed by atoms with E-state index in [1.165, 1.54) is 11.3 Å². The van der Waals surface area contributed by atoms with Crippen molar-refractivity contribution in [1.29, 1.82) is 0 Å². The van der Waals surface area contributed by atoms with Gasteiger partial charge in [0.25, 0.3) is 5.56 Å². The lowest BCUT2D eigenvalue weighted by Gasteiger charge is -2.10. The summed E-state index contributed by atoms with van der Waals surface area (Å²) < 4.78 is 13.6. The molecule has 1 aromatic carbocycles. The van der Waals surface area contributed by atoms with Crippen molar-refractivity contribution in [1.82, 2.24) is 9.38 Å². The molecule has 5 nitrogen and oxygen atoms in total. The van der Waals surface area contributed by atoms with Crippen LogP contribution in [-0.4, -0.2) is 22.6 Å². The van der Waals surface area contributed by atoms with Gasteiger partial charge in [-0.1, -0.05) is 17.4 Å². The summed E-state index contributed by atoms with van der Waals surface area (Å²) in [6.07, 6.45) is 1.91. The summed E-state index contributed by atoms with van der Waals surface area (Å²) in [6, 6.07) is 7.64. The van der Waals surface area contributed by atoms with Crippen LogP contribution in [0, 0.1) is 0 Å². The standard InChI is InChI=1S/C18H16N2O3S2/c1-3-22-14-9-12-13(10-15(14)23-4-2)20-17(21)16(25-18(20)19-12)8-11-6-5-7-24-11/h5-10H,3-4H2,1-2H3/b16-8-. The second-order valence-electron chi connectivity index (χ2n) is 5.31. The van der Waals surface area contributed by atoms with E-state index in [0.717, 1.165) is 15.9 Å². The molecule has 7 heteroatoms. The molecule has 0 amide bonds. The van der Waals surface area contributed by atoms with Crippen molar-refractivity contribution in [2.45, 2.75) is 13.8 Å². The van der Waals surface area contributed by atoms with Gasteiger partial charge >= 0.3 is 0 Å². The van der Waals surface area contributed by atoms with Crippen LogP contribution in [0.25, 0.3) is 22.1 Å². The normalized spacial score (nSPS) is 12.3. The highest BCUT2D eigenvalue weighted by Gasteiger charge is 2.15. The molecular formula is C18H16N2O3S2. The van der Waals surface area contributed by atoms with Crippen LogP contribution >= 0.6 is 22.7 Å². The number of rotatable bonds is 5. The van der Waals surface area contributed by atoms with Gasteiger partial charge in [0.2, 0.25) is 0 Å². The smallest absolute Gasteiger partial charge is 0.274 e. The summed E-state index contributed by atoms with van der Waals surface area (Å²) in [4.78, 5) is 19.2. The molecule has 0 bridgehead atoms. The zero-order valence-electron chi connectivity index (χ0n) is 13.8. The molecule has 0 saturated heterocycles. The van der Waals surface area contributed by atoms with Crippen LogP contribution in [0.15, 0.2) is 34.4 Å². The van der Waals surface area contributed by atoms with Gasteiger partial charge in [0.15, 0.2) is 16.5 Å². The molecule has 0 aliphatic carbocycles. The van der Waals surface area contributed by atoms with Crippen molar-refractivity contribution in [2.75, 3.05) is 13.2 Å². The van der Waals surface area contributed by atoms with Crippen LogP contribution in [0.5, 0.6) is 11.5 Å². The molecule has 3 aromatic heterocycles. The highest BCUT2D eigenvalue weighted by molar-refractivity contribution is 7.15. The molecule has 25 heavy (non-hydrogen) atoms. The maximum absolute atomic E-state index is 12.8. The fourth-order valence-corrected chi connectivity index (χ4v) is 4.42. The monoisotopic (exact) mass is 372 g/mol. The third-order valence-corrected chi connectivity index (χ3v) is 5.51. The second-order valence-corrected chi connectivity index (χ2v) is 7.30. The van der Waals surface area contributed by atoms with Gasteiger partial charge in [-0.25, -0.2) is 9.38 Å². The molecule has 0 fully saturated rings. The van der Waals surface area contributed by atoms with Crippen LogP contribution in [0.3, 0.4) is 0 Å². The number of hydrogen-bond donors (Lipinski definition) is 0. The molecule has 4 rings (SSSR count). The molecule has 0 aliphatic rings. The summed E-state index contributed by atoms with van der Waals surface area (Å²) in [5.41, 5.74) is 1.43. The Morgan fingerprint density at radius 1 is 1.20 bits per heavy atom. The Kier molecular flexibility index (Phi) is 4.19. The molecule has 0 radical (unpaired) electrons. The topological polar surface area (TPSA) is 52.8 Å². The van der Waals surface area contributed by atoms with E-state index in [9.17, 15) is 4.79 Å². The number of hydrogen-bond acceptors (Lipinski definition) is 6. The van der Waals surface area contributed by atoms with Gasteiger partial charge in [0.05, 0.1) is 28.8 Å². The van der Waals surface area contributed by atoms with E-state index in [4.69, 9.17) is 9.47 Å². The first-order valence-corrected chi connectivity index (χ1v) is 9.70. The molecular weight excluding hydrogens is 356 g/mol. The minimum Gasteiger partial charge on any atom is -0.490 e. The summed E-state index contributed by atoms with van der Waals surface area (Å²) in [7, 11) is 0. The van der Waals surface area contributed by atoms with Gasteiger partial charge in [-0.15, -0.1) is 11.3 Å². The van der Waals surface area contributed by atoms with E-state index in [0.29, 0.717) is 34.2 Å². The predicted octanol–water partition coefficient (Wildman–Crippen LogP) is 3.32. The average Bonchev–Trinajstić information content (AvgIpc) is 3.28. The van der Waals surface area contributed by atoms with Crippen LogP contribution < -0.4 is 19.6 Å². The first-order chi connectivity index (χ1) is 12.2. The zero-order valence-corrected chi connectivity index (χ0v) is 15.4. The maximum atomic E-state index is 12.8. The number of nitrogens with zero attached hydrogens (tertiary/aromatic N) is 2. The number of thiazole rings is 1. The van der Waals surface area contributed by atoms with Gasteiger partial charge in [-0.3, -0.25) is 4.79 Å². The minimum absolute atomic E-state index is 0.0532. The number of imidazole rings is 1. The van der Waals surface area contributed by atoms with E-state index in [-0.39, 0.29) is 5.56 Å². The van der Waals surface area contributed by atoms with Gasteiger partial charge in [-0.05, 0) is 31.4 Å². The molecule has 0 unspecified atom stereocenters. The van der Waals surface area contributed by atoms with Crippen molar-refractivity contribution in [3.63, 3.8) is 0 Å². The van der Waals surface area contributed by atoms with Crippen molar-refractivity contribution < 1.29 is 9.47 Å². The first kappa shape index (κ1) is 16.1. The number of ether oxygens (including phenoxy) is 2. The molecule has 128 valence electrons. The van der Waals surface area contributed by atoms with Crippen molar-refractivity contribution >= 4 is 44.7 Å². The fourth-order valence-electron chi connectivity index (χ4n) is 2.71. The third-order valence-electron chi connectivity index (χ3n) is 3.72. The zero-order chi connectivity index (χ0) is 17.4. The van der Waals surface area contributed by atoms with E-state index in [1.807, 2.05) is 49.6 Å². The van der Waals surface area contributed by atoms with E-state index in [1.54, 1.807) is 15.7 Å². The second kappa shape index (κ2) is 6.50. The molecule has 0 aliphatic heterocycles. The van der Waals surface area contributed by atoms with Crippen LogP contribution in [0.4, 0.5) is 0 Å². The van der Waals surface area contributed by atoms with E-state index >= 15 is 0 Å². The minimum atomic E-state index is -0.0532. The highest BCUT2D eigenvalue weighted by Crippen LogP contribution is 2.33. The van der Waals surface area contributed by atoms with Crippen LogP contribution in [-0.2, 0) is 0 Å². The SMILES string of the molecule is CCOc1cc2nc3s/c(=C\c4cccs4)c(=O)n3c2cc1OCC. The lowest BCUT2D eigenvalue weighted by molar-refractivity contribution is 0.288. The summed E-state index contributed by atoms with van der Waals surface area (Å²) in [5, 5.41) is 1.99.